The quantitative estimate of drug-likeness (QED) is 0.296. The molecular formula is C16H12N4O4S. The number of hydrogen-bond acceptors (Lipinski definition) is 5. The first-order valence-corrected chi connectivity index (χ1v) is 7.56. The summed E-state index contributed by atoms with van der Waals surface area (Å²) in [5.74, 6) is -1.10. The van der Waals surface area contributed by atoms with E-state index >= 15 is 0 Å². The van der Waals surface area contributed by atoms with Crippen LogP contribution >= 0.6 is 12.2 Å². The molecule has 2 amide bonds. The lowest BCUT2D eigenvalue weighted by Gasteiger charge is -2.25. The summed E-state index contributed by atoms with van der Waals surface area (Å²) in [6.45, 7) is 0. The number of amides is 2. The molecule has 25 heavy (non-hydrogen) atoms. The minimum Gasteiger partial charge on any atom is -0.317 e. The van der Waals surface area contributed by atoms with Gasteiger partial charge in [0.1, 0.15) is 5.57 Å². The molecule has 0 unspecified atom stereocenters. The fraction of sp³-hybridized carbons (Fsp3) is 0.0625. The molecule has 0 radical (unpaired) electrons. The van der Waals surface area contributed by atoms with Gasteiger partial charge in [-0.25, -0.2) is 0 Å². The van der Waals surface area contributed by atoms with Crippen LogP contribution < -0.4 is 5.32 Å². The number of likely N-dealkylation sites (N-methyl/N-ethyl adjacent to an activating group) is 1. The standard InChI is InChI=1S/C16H12N4O4S/c1-18-15(22)13(14(21)17-16(18)25)9-11-6-3-7-19(11)10-4-2-5-12(8-10)20(23)24/h2-9H,1H3,(H,17,21,25)/b13-9+. The summed E-state index contributed by atoms with van der Waals surface area (Å²) in [7, 11) is 1.47. The van der Waals surface area contributed by atoms with Crippen molar-refractivity contribution in [3.05, 3.63) is 64.0 Å². The third-order valence-corrected chi connectivity index (χ3v) is 4.07. The SMILES string of the molecule is CN1C(=O)/C(=C/c2cccn2-c2cccc([N+](=O)[O-])c2)C(=O)NC1=S. The van der Waals surface area contributed by atoms with Gasteiger partial charge in [0.05, 0.1) is 10.6 Å². The number of nitro groups is 1. The first-order valence-electron chi connectivity index (χ1n) is 7.16. The number of nitrogens with zero attached hydrogens (tertiary/aromatic N) is 3. The van der Waals surface area contributed by atoms with E-state index in [1.807, 2.05) is 0 Å². The van der Waals surface area contributed by atoms with Gasteiger partial charge in [-0.1, -0.05) is 6.07 Å². The molecule has 3 rings (SSSR count). The number of carbonyl (C=O) groups is 2. The van der Waals surface area contributed by atoms with E-state index in [2.05, 4.69) is 5.32 Å². The topological polar surface area (TPSA) is 97.5 Å². The molecule has 1 aliphatic rings. The average Bonchev–Trinajstić information content (AvgIpc) is 3.05. The largest absolute Gasteiger partial charge is 0.317 e. The van der Waals surface area contributed by atoms with Gasteiger partial charge in [-0.15, -0.1) is 0 Å². The smallest absolute Gasteiger partial charge is 0.271 e. The van der Waals surface area contributed by atoms with E-state index < -0.39 is 16.7 Å². The third-order valence-electron chi connectivity index (χ3n) is 3.70. The van der Waals surface area contributed by atoms with Gasteiger partial charge >= 0.3 is 0 Å². The van der Waals surface area contributed by atoms with Gasteiger partial charge in [-0.05, 0) is 36.5 Å². The Morgan fingerprint density at radius 3 is 2.72 bits per heavy atom. The van der Waals surface area contributed by atoms with Crippen LogP contribution in [-0.4, -0.2) is 38.4 Å². The molecule has 1 aromatic heterocycles. The highest BCUT2D eigenvalue weighted by atomic mass is 32.1. The maximum Gasteiger partial charge on any atom is 0.271 e. The Labute approximate surface area is 147 Å². The van der Waals surface area contributed by atoms with Crippen LogP contribution in [0.5, 0.6) is 0 Å². The zero-order valence-electron chi connectivity index (χ0n) is 13.0. The van der Waals surface area contributed by atoms with Crippen LogP contribution in [0, 0.1) is 10.1 Å². The van der Waals surface area contributed by atoms with E-state index in [4.69, 9.17) is 12.2 Å². The normalized spacial score (nSPS) is 16.3. The van der Waals surface area contributed by atoms with Crippen molar-refractivity contribution in [3.8, 4) is 5.69 Å². The summed E-state index contributed by atoms with van der Waals surface area (Å²) in [6, 6.07) is 9.46. The Morgan fingerprint density at radius 1 is 1.24 bits per heavy atom. The number of nitro benzene ring substituents is 1. The minimum atomic E-state index is -0.583. The molecule has 0 spiro atoms. The van der Waals surface area contributed by atoms with Crippen LogP contribution in [0.1, 0.15) is 5.69 Å². The molecule has 0 aliphatic carbocycles. The second kappa shape index (κ2) is 6.29. The predicted octanol–water partition coefficient (Wildman–Crippen LogP) is 1.64. The van der Waals surface area contributed by atoms with E-state index in [1.165, 1.54) is 30.2 Å². The number of carbonyl (C=O) groups excluding carboxylic acids is 2. The van der Waals surface area contributed by atoms with Gasteiger partial charge in [0, 0.05) is 31.1 Å². The number of thiocarbonyl (C=S) groups is 1. The lowest BCUT2D eigenvalue weighted by Crippen LogP contribution is -2.52. The number of non-ortho nitro benzene ring substituents is 1. The van der Waals surface area contributed by atoms with Gasteiger partial charge in [-0.3, -0.25) is 29.9 Å². The number of aromatic nitrogens is 1. The summed E-state index contributed by atoms with van der Waals surface area (Å²) >= 11 is 4.90. The van der Waals surface area contributed by atoms with Crippen molar-refractivity contribution in [1.82, 2.24) is 14.8 Å². The van der Waals surface area contributed by atoms with Crippen molar-refractivity contribution in [3.63, 3.8) is 0 Å². The second-order valence-electron chi connectivity index (χ2n) is 5.26. The van der Waals surface area contributed by atoms with Crippen molar-refractivity contribution in [1.29, 1.82) is 0 Å². The monoisotopic (exact) mass is 356 g/mol. The van der Waals surface area contributed by atoms with E-state index in [-0.39, 0.29) is 16.4 Å². The first kappa shape index (κ1) is 16.5. The highest BCUT2D eigenvalue weighted by molar-refractivity contribution is 7.80. The van der Waals surface area contributed by atoms with Gasteiger partial charge < -0.3 is 4.57 Å². The zero-order valence-corrected chi connectivity index (χ0v) is 13.8. The van der Waals surface area contributed by atoms with Crippen molar-refractivity contribution < 1.29 is 14.5 Å². The van der Waals surface area contributed by atoms with Crippen molar-refractivity contribution in [2.75, 3.05) is 7.05 Å². The van der Waals surface area contributed by atoms with Gasteiger partial charge in [0.2, 0.25) is 0 Å². The summed E-state index contributed by atoms with van der Waals surface area (Å²) in [5.41, 5.74) is 0.946. The number of nitrogens with one attached hydrogen (secondary N) is 1. The highest BCUT2D eigenvalue weighted by Crippen LogP contribution is 2.21. The lowest BCUT2D eigenvalue weighted by atomic mass is 10.1. The lowest BCUT2D eigenvalue weighted by molar-refractivity contribution is -0.384. The zero-order chi connectivity index (χ0) is 18.1. The molecule has 0 bridgehead atoms. The highest BCUT2D eigenvalue weighted by Gasteiger charge is 2.31. The molecule has 126 valence electrons. The third kappa shape index (κ3) is 3.04. The first-order chi connectivity index (χ1) is 11.9. The number of rotatable bonds is 3. The number of benzene rings is 1. The van der Waals surface area contributed by atoms with Gasteiger partial charge in [0.15, 0.2) is 5.11 Å². The Bertz CT molecular complexity index is 947. The van der Waals surface area contributed by atoms with Gasteiger partial charge in [-0.2, -0.15) is 0 Å². The van der Waals surface area contributed by atoms with Crippen LogP contribution in [-0.2, 0) is 9.59 Å². The second-order valence-corrected chi connectivity index (χ2v) is 5.65. The molecule has 1 fully saturated rings. The summed E-state index contributed by atoms with van der Waals surface area (Å²) < 4.78 is 1.65. The maximum absolute atomic E-state index is 12.3. The van der Waals surface area contributed by atoms with Crippen molar-refractivity contribution in [2.24, 2.45) is 0 Å². The molecule has 1 saturated heterocycles. The molecule has 2 aromatic rings. The van der Waals surface area contributed by atoms with Crippen LogP contribution in [0.15, 0.2) is 48.2 Å². The fourth-order valence-electron chi connectivity index (χ4n) is 2.40. The Morgan fingerprint density at radius 2 is 2.00 bits per heavy atom. The Kier molecular flexibility index (Phi) is 4.15. The minimum absolute atomic E-state index is 0.0428. The molecule has 1 aromatic carbocycles. The fourth-order valence-corrected chi connectivity index (χ4v) is 2.57. The predicted molar refractivity (Wildman–Crippen MR) is 93.9 cm³/mol. The Balaban J connectivity index is 2.04. The van der Waals surface area contributed by atoms with E-state index in [1.54, 1.807) is 35.0 Å². The van der Waals surface area contributed by atoms with Gasteiger partial charge in [0.25, 0.3) is 17.5 Å². The van der Waals surface area contributed by atoms with Crippen LogP contribution in [0.3, 0.4) is 0 Å². The van der Waals surface area contributed by atoms with E-state index in [9.17, 15) is 19.7 Å². The van der Waals surface area contributed by atoms with Crippen molar-refractivity contribution in [2.45, 2.75) is 0 Å². The molecule has 1 aliphatic heterocycles. The number of hydrogen-bond donors (Lipinski definition) is 1. The molecule has 0 atom stereocenters. The summed E-state index contributed by atoms with van der Waals surface area (Å²) in [4.78, 5) is 36.0. The molecule has 1 N–H and O–H groups in total. The van der Waals surface area contributed by atoms with E-state index in [0.717, 1.165) is 0 Å². The van der Waals surface area contributed by atoms with Crippen LogP contribution in [0.25, 0.3) is 11.8 Å². The Hall–Kier alpha value is -3.33. The summed E-state index contributed by atoms with van der Waals surface area (Å²) in [6.07, 6.45) is 3.11. The van der Waals surface area contributed by atoms with Crippen LogP contribution in [0.4, 0.5) is 5.69 Å². The maximum atomic E-state index is 12.3. The average molecular weight is 356 g/mol. The molecule has 0 saturated carbocycles. The van der Waals surface area contributed by atoms with Crippen molar-refractivity contribution >= 4 is 40.9 Å². The molecule has 2 heterocycles. The molecular weight excluding hydrogens is 344 g/mol. The van der Waals surface area contributed by atoms with Crippen LogP contribution in [0.2, 0.25) is 0 Å². The van der Waals surface area contributed by atoms with E-state index in [0.29, 0.717) is 11.4 Å². The summed E-state index contributed by atoms with van der Waals surface area (Å²) in [5, 5.41) is 13.4. The molecule has 8 nitrogen and oxygen atoms in total. The molecule has 9 heteroatoms.